The Kier molecular flexibility index (Phi) is 9.95. The first-order valence-electron chi connectivity index (χ1n) is 11.2. The fourth-order valence-corrected chi connectivity index (χ4v) is 4.40. The zero-order valence-corrected chi connectivity index (χ0v) is 22.2. The molecule has 0 spiro atoms. The first kappa shape index (κ1) is 30.4. The Morgan fingerprint density at radius 2 is 1.68 bits per heavy atom. The minimum Gasteiger partial charge on any atom is -0.352 e. The number of halogens is 5. The van der Waals surface area contributed by atoms with Crippen molar-refractivity contribution >= 4 is 39.1 Å². The van der Waals surface area contributed by atoms with Crippen LogP contribution < -0.4 is 9.62 Å². The van der Waals surface area contributed by atoms with Crippen molar-refractivity contribution in [1.82, 2.24) is 10.2 Å². The highest BCUT2D eigenvalue weighted by atomic mass is 35.5. The number of amides is 2. The molecule has 0 bridgehead atoms. The standard InChI is InChI=1S/C24H28ClF4N3O4S/c1-5-15(2)30-23(34)16(3)31(13-17-6-8-18(26)9-7-17)22(33)14-32(37(4,35)36)19-10-11-21(25)20(12-19)24(27,28)29/h6-12,15-16H,5,13-14H2,1-4H3,(H,30,34)/t15-,16+/m1/s1. The van der Waals surface area contributed by atoms with Crippen molar-refractivity contribution in [2.75, 3.05) is 17.1 Å². The van der Waals surface area contributed by atoms with Crippen LogP contribution in [0.3, 0.4) is 0 Å². The molecule has 7 nitrogen and oxygen atoms in total. The number of rotatable bonds is 10. The van der Waals surface area contributed by atoms with E-state index in [1.165, 1.54) is 19.1 Å². The lowest BCUT2D eigenvalue weighted by atomic mass is 10.1. The first-order chi connectivity index (χ1) is 17.0. The number of anilines is 1. The van der Waals surface area contributed by atoms with Crippen LogP contribution in [0.4, 0.5) is 23.2 Å². The largest absolute Gasteiger partial charge is 0.417 e. The molecule has 0 aromatic heterocycles. The van der Waals surface area contributed by atoms with Gasteiger partial charge in [0.15, 0.2) is 0 Å². The number of nitrogens with one attached hydrogen (secondary N) is 1. The molecule has 2 aromatic carbocycles. The fourth-order valence-electron chi connectivity index (χ4n) is 3.33. The lowest BCUT2D eigenvalue weighted by Crippen LogP contribution is -2.52. The second-order valence-corrected chi connectivity index (χ2v) is 10.9. The van der Waals surface area contributed by atoms with Crippen LogP contribution in [0.2, 0.25) is 5.02 Å². The van der Waals surface area contributed by atoms with Crippen molar-refractivity contribution in [3.05, 3.63) is 64.4 Å². The molecule has 0 aliphatic rings. The molecular weight excluding hydrogens is 538 g/mol. The Morgan fingerprint density at radius 1 is 1.08 bits per heavy atom. The number of benzene rings is 2. The van der Waals surface area contributed by atoms with Gasteiger partial charge in [-0.05, 0) is 56.2 Å². The lowest BCUT2D eigenvalue weighted by Gasteiger charge is -2.32. The molecule has 37 heavy (non-hydrogen) atoms. The lowest BCUT2D eigenvalue weighted by molar-refractivity contribution is -0.139. The number of carbonyl (C=O) groups is 2. The quantitative estimate of drug-likeness (QED) is 0.427. The monoisotopic (exact) mass is 565 g/mol. The van der Waals surface area contributed by atoms with E-state index < -0.39 is 62.7 Å². The second-order valence-electron chi connectivity index (χ2n) is 8.57. The van der Waals surface area contributed by atoms with E-state index >= 15 is 0 Å². The predicted octanol–water partition coefficient (Wildman–Crippen LogP) is 4.60. The molecule has 0 saturated heterocycles. The van der Waals surface area contributed by atoms with Crippen molar-refractivity contribution in [2.24, 2.45) is 0 Å². The molecule has 1 N–H and O–H groups in total. The molecule has 2 atom stereocenters. The summed E-state index contributed by atoms with van der Waals surface area (Å²) >= 11 is 5.65. The number of carbonyl (C=O) groups excluding carboxylic acids is 2. The van der Waals surface area contributed by atoms with Crippen LogP contribution in [-0.2, 0) is 32.3 Å². The van der Waals surface area contributed by atoms with Gasteiger partial charge in [-0.15, -0.1) is 0 Å². The number of sulfonamides is 1. The van der Waals surface area contributed by atoms with Gasteiger partial charge in [0.25, 0.3) is 0 Å². The highest BCUT2D eigenvalue weighted by molar-refractivity contribution is 7.92. The summed E-state index contributed by atoms with van der Waals surface area (Å²) in [5.74, 6) is -1.89. The molecule has 2 aromatic rings. The highest BCUT2D eigenvalue weighted by Crippen LogP contribution is 2.37. The summed E-state index contributed by atoms with van der Waals surface area (Å²) < 4.78 is 79.1. The van der Waals surface area contributed by atoms with E-state index in [2.05, 4.69) is 5.32 Å². The zero-order valence-electron chi connectivity index (χ0n) is 20.6. The van der Waals surface area contributed by atoms with E-state index in [9.17, 15) is 35.6 Å². The number of hydrogen-bond donors (Lipinski definition) is 1. The molecule has 2 rings (SSSR count). The van der Waals surface area contributed by atoms with Gasteiger partial charge in [-0.1, -0.05) is 30.7 Å². The third-order valence-corrected chi connectivity index (χ3v) is 7.13. The Balaban J connectivity index is 2.47. The van der Waals surface area contributed by atoms with Gasteiger partial charge in [0, 0.05) is 12.6 Å². The predicted molar refractivity (Wildman–Crippen MR) is 133 cm³/mol. The summed E-state index contributed by atoms with van der Waals surface area (Å²) in [5.41, 5.74) is -1.24. The maximum Gasteiger partial charge on any atom is 0.417 e. The number of nitrogens with zero attached hydrogens (tertiary/aromatic N) is 2. The molecule has 0 radical (unpaired) electrons. The molecule has 0 saturated carbocycles. The van der Waals surface area contributed by atoms with Gasteiger partial charge in [-0.2, -0.15) is 13.2 Å². The minimum absolute atomic E-state index is 0.180. The van der Waals surface area contributed by atoms with Gasteiger partial charge < -0.3 is 10.2 Å². The van der Waals surface area contributed by atoms with Crippen LogP contribution in [0, 0.1) is 5.82 Å². The topological polar surface area (TPSA) is 86.8 Å². The highest BCUT2D eigenvalue weighted by Gasteiger charge is 2.35. The molecule has 0 aliphatic carbocycles. The number of alkyl halides is 3. The van der Waals surface area contributed by atoms with Crippen molar-refractivity contribution in [2.45, 2.75) is 52.0 Å². The maximum atomic E-state index is 13.4. The van der Waals surface area contributed by atoms with Gasteiger partial charge in [0.1, 0.15) is 18.4 Å². The smallest absolute Gasteiger partial charge is 0.352 e. The van der Waals surface area contributed by atoms with Gasteiger partial charge >= 0.3 is 6.18 Å². The van der Waals surface area contributed by atoms with Crippen LogP contribution in [0.1, 0.15) is 38.3 Å². The van der Waals surface area contributed by atoms with Crippen LogP contribution in [0.15, 0.2) is 42.5 Å². The van der Waals surface area contributed by atoms with Crippen molar-refractivity contribution in [1.29, 1.82) is 0 Å². The van der Waals surface area contributed by atoms with E-state index in [1.54, 1.807) is 6.92 Å². The molecule has 13 heteroatoms. The Bertz CT molecular complexity index is 1220. The Labute approximate surface area is 218 Å². The third kappa shape index (κ3) is 8.32. The summed E-state index contributed by atoms with van der Waals surface area (Å²) in [6, 6.07) is 6.32. The fraction of sp³-hybridized carbons (Fsp3) is 0.417. The van der Waals surface area contributed by atoms with Gasteiger partial charge in [-0.25, -0.2) is 12.8 Å². The normalized spacial score (nSPS) is 13.5. The van der Waals surface area contributed by atoms with Crippen LogP contribution in [-0.4, -0.2) is 50.0 Å². The Morgan fingerprint density at radius 3 is 2.19 bits per heavy atom. The van der Waals surface area contributed by atoms with E-state index in [1.807, 2.05) is 6.92 Å². The van der Waals surface area contributed by atoms with Crippen LogP contribution in [0.5, 0.6) is 0 Å². The van der Waals surface area contributed by atoms with Gasteiger partial charge in [0.05, 0.1) is 22.5 Å². The zero-order chi connectivity index (χ0) is 28.1. The van der Waals surface area contributed by atoms with Crippen LogP contribution >= 0.6 is 11.6 Å². The Hall–Kier alpha value is -2.86. The molecule has 0 heterocycles. The molecule has 2 amide bonds. The van der Waals surface area contributed by atoms with E-state index in [-0.39, 0.29) is 12.6 Å². The second kappa shape index (κ2) is 12.1. The van der Waals surface area contributed by atoms with Crippen LogP contribution in [0.25, 0.3) is 0 Å². The summed E-state index contributed by atoms with van der Waals surface area (Å²) in [6.07, 6.45) is -3.51. The molecule has 0 unspecified atom stereocenters. The molecule has 204 valence electrons. The summed E-state index contributed by atoms with van der Waals surface area (Å²) in [5, 5.41) is 2.11. The first-order valence-corrected chi connectivity index (χ1v) is 13.5. The van der Waals surface area contributed by atoms with E-state index in [4.69, 9.17) is 11.6 Å². The van der Waals surface area contributed by atoms with Gasteiger partial charge in [0.2, 0.25) is 21.8 Å². The summed E-state index contributed by atoms with van der Waals surface area (Å²) in [6.45, 7) is 3.98. The average molecular weight is 566 g/mol. The molecule has 0 aliphatic heterocycles. The molecule has 0 fully saturated rings. The van der Waals surface area contributed by atoms with E-state index in [0.717, 1.165) is 35.4 Å². The number of hydrogen-bond acceptors (Lipinski definition) is 4. The van der Waals surface area contributed by atoms with Crippen molar-refractivity contribution < 1.29 is 35.6 Å². The van der Waals surface area contributed by atoms with Gasteiger partial charge in [-0.3, -0.25) is 13.9 Å². The third-order valence-electron chi connectivity index (χ3n) is 5.66. The average Bonchev–Trinajstić information content (AvgIpc) is 2.80. The summed E-state index contributed by atoms with van der Waals surface area (Å²) in [7, 11) is -4.24. The molecular formula is C24H28ClF4N3O4S. The maximum absolute atomic E-state index is 13.4. The minimum atomic E-state index is -4.86. The van der Waals surface area contributed by atoms with Crippen molar-refractivity contribution in [3.63, 3.8) is 0 Å². The van der Waals surface area contributed by atoms with E-state index in [0.29, 0.717) is 22.4 Å². The van der Waals surface area contributed by atoms with Crippen molar-refractivity contribution in [3.8, 4) is 0 Å². The SMILES string of the molecule is CC[C@@H](C)NC(=O)[C@H](C)N(Cc1ccc(F)cc1)C(=O)CN(c1ccc(Cl)c(C(F)(F)F)c1)S(C)(=O)=O. The summed E-state index contributed by atoms with van der Waals surface area (Å²) in [4.78, 5) is 27.3.